The maximum Gasteiger partial charge on any atom is 0.123 e. The molecule has 0 radical (unpaired) electrons. The van der Waals surface area contributed by atoms with Crippen molar-refractivity contribution in [1.82, 2.24) is 10.3 Å². The maximum absolute atomic E-state index is 13.3. The van der Waals surface area contributed by atoms with E-state index >= 15 is 0 Å². The van der Waals surface area contributed by atoms with Crippen LogP contribution in [0.2, 0.25) is 0 Å². The monoisotopic (exact) mass is 244 g/mol. The SMILES string of the molecule is CCNC(c1cccc(F)c1)c1ncccc1C. The molecule has 1 atom stereocenters. The predicted octanol–water partition coefficient (Wildman–Crippen LogP) is 3.23. The van der Waals surface area contributed by atoms with E-state index in [0.717, 1.165) is 23.4 Å². The van der Waals surface area contributed by atoms with Crippen molar-refractivity contribution in [3.05, 3.63) is 65.2 Å². The standard InChI is InChI=1S/C15H17FN2/c1-3-17-15(12-7-4-8-13(16)10-12)14-11(2)6-5-9-18-14/h4-10,15,17H,3H2,1-2H3. The normalized spacial score (nSPS) is 12.4. The van der Waals surface area contributed by atoms with E-state index in [1.54, 1.807) is 18.3 Å². The van der Waals surface area contributed by atoms with Crippen LogP contribution in [0.15, 0.2) is 42.6 Å². The van der Waals surface area contributed by atoms with Crippen LogP contribution < -0.4 is 5.32 Å². The van der Waals surface area contributed by atoms with Gasteiger partial charge in [0.1, 0.15) is 5.82 Å². The molecule has 0 saturated carbocycles. The summed E-state index contributed by atoms with van der Waals surface area (Å²) in [5.41, 5.74) is 2.95. The molecule has 2 aromatic rings. The van der Waals surface area contributed by atoms with E-state index in [4.69, 9.17) is 0 Å². The molecule has 3 heteroatoms. The van der Waals surface area contributed by atoms with Crippen LogP contribution in [0.4, 0.5) is 4.39 Å². The number of nitrogens with one attached hydrogen (secondary N) is 1. The molecule has 0 amide bonds. The lowest BCUT2D eigenvalue weighted by Crippen LogP contribution is -2.23. The molecular weight excluding hydrogens is 227 g/mol. The van der Waals surface area contributed by atoms with Gasteiger partial charge in [0, 0.05) is 6.20 Å². The van der Waals surface area contributed by atoms with E-state index in [-0.39, 0.29) is 11.9 Å². The van der Waals surface area contributed by atoms with Gasteiger partial charge in [-0.1, -0.05) is 25.1 Å². The summed E-state index contributed by atoms with van der Waals surface area (Å²) in [5.74, 6) is -0.219. The molecule has 0 aliphatic carbocycles. The fraction of sp³-hybridized carbons (Fsp3) is 0.267. The summed E-state index contributed by atoms with van der Waals surface area (Å²) in [4.78, 5) is 4.42. The number of hydrogen-bond donors (Lipinski definition) is 1. The molecule has 0 aliphatic rings. The summed E-state index contributed by atoms with van der Waals surface area (Å²) in [6.45, 7) is 4.85. The number of benzene rings is 1. The Labute approximate surface area is 107 Å². The number of rotatable bonds is 4. The summed E-state index contributed by atoms with van der Waals surface area (Å²) in [6.07, 6.45) is 1.77. The van der Waals surface area contributed by atoms with Gasteiger partial charge in [-0.25, -0.2) is 4.39 Å². The van der Waals surface area contributed by atoms with Crippen LogP contribution in [-0.2, 0) is 0 Å². The van der Waals surface area contributed by atoms with Crippen molar-refractivity contribution >= 4 is 0 Å². The Morgan fingerprint density at radius 3 is 2.78 bits per heavy atom. The van der Waals surface area contributed by atoms with Gasteiger partial charge < -0.3 is 5.32 Å². The molecule has 1 aromatic carbocycles. The summed E-state index contributed by atoms with van der Waals surface area (Å²) < 4.78 is 13.3. The second-order valence-corrected chi connectivity index (χ2v) is 4.25. The number of aryl methyl sites for hydroxylation is 1. The van der Waals surface area contributed by atoms with Gasteiger partial charge in [-0.15, -0.1) is 0 Å². The first kappa shape index (κ1) is 12.7. The molecule has 0 aliphatic heterocycles. The van der Waals surface area contributed by atoms with Gasteiger partial charge in [0.2, 0.25) is 0 Å². The van der Waals surface area contributed by atoms with E-state index < -0.39 is 0 Å². The summed E-state index contributed by atoms with van der Waals surface area (Å²) in [7, 11) is 0. The number of nitrogens with zero attached hydrogens (tertiary/aromatic N) is 1. The first-order chi connectivity index (χ1) is 8.72. The van der Waals surface area contributed by atoms with E-state index in [1.807, 2.05) is 32.0 Å². The molecule has 0 fully saturated rings. The zero-order chi connectivity index (χ0) is 13.0. The van der Waals surface area contributed by atoms with E-state index in [1.165, 1.54) is 6.07 Å². The fourth-order valence-corrected chi connectivity index (χ4v) is 2.06. The quantitative estimate of drug-likeness (QED) is 0.893. The van der Waals surface area contributed by atoms with Gasteiger partial charge in [-0.05, 0) is 42.8 Å². The van der Waals surface area contributed by atoms with E-state index in [0.29, 0.717) is 0 Å². The van der Waals surface area contributed by atoms with Gasteiger partial charge in [0.15, 0.2) is 0 Å². The summed E-state index contributed by atoms with van der Waals surface area (Å²) >= 11 is 0. The smallest absolute Gasteiger partial charge is 0.123 e. The van der Waals surface area contributed by atoms with Gasteiger partial charge in [-0.3, -0.25) is 4.98 Å². The van der Waals surface area contributed by atoms with Crippen molar-refractivity contribution in [3.63, 3.8) is 0 Å². The third-order valence-electron chi connectivity index (χ3n) is 2.91. The summed E-state index contributed by atoms with van der Waals surface area (Å²) in [5, 5.41) is 3.35. The first-order valence-electron chi connectivity index (χ1n) is 6.12. The van der Waals surface area contributed by atoms with Crippen LogP contribution in [-0.4, -0.2) is 11.5 Å². The number of halogens is 1. The fourth-order valence-electron chi connectivity index (χ4n) is 2.06. The second-order valence-electron chi connectivity index (χ2n) is 4.25. The molecule has 0 saturated heterocycles. The Bertz CT molecular complexity index is 525. The molecule has 1 aromatic heterocycles. The van der Waals surface area contributed by atoms with Crippen molar-refractivity contribution in [2.24, 2.45) is 0 Å². The van der Waals surface area contributed by atoms with Crippen LogP contribution in [0.5, 0.6) is 0 Å². The highest BCUT2D eigenvalue weighted by atomic mass is 19.1. The van der Waals surface area contributed by atoms with Crippen molar-refractivity contribution in [3.8, 4) is 0 Å². The third kappa shape index (κ3) is 2.74. The van der Waals surface area contributed by atoms with Gasteiger partial charge in [0.05, 0.1) is 11.7 Å². The van der Waals surface area contributed by atoms with Gasteiger partial charge in [-0.2, -0.15) is 0 Å². The lowest BCUT2D eigenvalue weighted by Gasteiger charge is -2.19. The maximum atomic E-state index is 13.3. The molecular formula is C15H17FN2. The lowest BCUT2D eigenvalue weighted by molar-refractivity contribution is 0.593. The molecule has 0 spiro atoms. The van der Waals surface area contributed by atoms with E-state index in [9.17, 15) is 4.39 Å². The highest BCUT2D eigenvalue weighted by Gasteiger charge is 2.16. The van der Waals surface area contributed by atoms with Crippen molar-refractivity contribution in [2.45, 2.75) is 19.9 Å². The summed E-state index contributed by atoms with van der Waals surface area (Å²) in [6, 6.07) is 10.5. The Balaban J connectivity index is 2.43. The van der Waals surface area contributed by atoms with Crippen LogP contribution in [0, 0.1) is 12.7 Å². The number of aromatic nitrogens is 1. The van der Waals surface area contributed by atoms with E-state index in [2.05, 4.69) is 10.3 Å². The van der Waals surface area contributed by atoms with Gasteiger partial charge >= 0.3 is 0 Å². The molecule has 18 heavy (non-hydrogen) atoms. The van der Waals surface area contributed by atoms with Gasteiger partial charge in [0.25, 0.3) is 0 Å². The molecule has 2 rings (SSSR count). The van der Waals surface area contributed by atoms with Crippen molar-refractivity contribution in [1.29, 1.82) is 0 Å². The molecule has 1 unspecified atom stereocenters. The molecule has 1 heterocycles. The Morgan fingerprint density at radius 2 is 2.11 bits per heavy atom. The Kier molecular flexibility index (Phi) is 4.05. The zero-order valence-corrected chi connectivity index (χ0v) is 10.7. The second kappa shape index (κ2) is 5.74. The minimum absolute atomic E-state index is 0.0631. The third-order valence-corrected chi connectivity index (χ3v) is 2.91. The minimum Gasteiger partial charge on any atom is -0.305 e. The molecule has 0 bridgehead atoms. The van der Waals surface area contributed by atoms with Crippen LogP contribution in [0.1, 0.15) is 29.8 Å². The molecule has 2 nitrogen and oxygen atoms in total. The topological polar surface area (TPSA) is 24.9 Å². The van der Waals surface area contributed by atoms with Crippen LogP contribution in [0.25, 0.3) is 0 Å². The minimum atomic E-state index is -0.219. The predicted molar refractivity (Wildman–Crippen MR) is 70.9 cm³/mol. The Hall–Kier alpha value is -1.74. The number of pyridine rings is 1. The number of hydrogen-bond acceptors (Lipinski definition) is 2. The van der Waals surface area contributed by atoms with Crippen molar-refractivity contribution in [2.75, 3.05) is 6.54 Å². The van der Waals surface area contributed by atoms with Crippen molar-refractivity contribution < 1.29 is 4.39 Å². The Morgan fingerprint density at radius 1 is 1.28 bits per heavy atom. The first-order valence-corrected chi connectivity index (χ1v) is 6.12. The lowest BCUT2D eigenvalue weighted by atomic mass is 10.00. The highest BCUT2D eigenvalue weighted by Crippen LogP contribution is 2.23. The molecule has 1 N–H and O–H groups in total. The van der Waals surface area contributed by atoms with Crippen LogP contribution in [0.3, 0.4) is 0 Å². The largest absolute Gasteiger partial charge is 0.305 e. The highest BCUT2D eigenvalue weighted by molar-refractivity contribution is 5.32. The average Bonchev–Trinajstić information content (AvgIpc) is 2.37. The average molecular weight is 244 g/mol. The molecule has 94 valence electrons. The van der Waals surface area contributed by atoms with Crippen LogP contribution >= 0.6 is 0 Å². The zero-order valence-electron chi connectivity index (χ0n) is 10.7.